The molecule has 0 heterocycles. The zero-order chi connectivity index (χ0) is 12.9. The molecule has 0 spiro atoms. The van der Waals surface area contributed by atoms with Gasteiger partial charge in [-0.3, -0.25) is 4.79 Å². The highest BCUT2D eigenvalue weighted by Crippen LogP contribution is 2.21. The molecule has 17 heavy (non-hydrogen) atoms. The van der Waals surface area contributed by atoms with Crippen molar-refractivity contribution in [1.29, 1.82) is 0 Å². The first-order chi connectivity index (χ1) is 7.95. The number of carbonyl (C=O) groups excluding carboxylic acids is 1. The van der Waals surface area contributed by atoms with Gasteiger partial charge in [-0.2, -0.15) is 25.8 Å². The Balaban J connectivity index is 2.78. The summed E-state index contributed by atoms with van der Waals surface area (Å²) < 4.78 is 36.3. The van der Waals surface area contributed by atoms with E-state index in [1.54, 1.807) is 6.08 Å². The zero-order valence-electron chi connectivity index (χ0n) is 8.87. The molecule has 1 aromatic carbocycles. The van der Waals surface area contributed by atoms with Crippen LogP contribution in [0.4, 0.5) is 13.2 Å². The largest absolute Gasteiger partial charge is 0.454 e. The molecule has 5 heteroatoms. The SMILES string of the molecule is O=C(c1ccc(C=CCCS)cc1)C(F)(F)F. The van der Waals surface area contributed by atoms with Gasteiger partial charge in [-0.25, -0.2) is 0 Å². The van der Waals surface area contributed by atoms with Crippen LogP contribution in [0, 0.1) is 0 Å². The van der Waals surface area contributed by atoms with Crippen molar-refractivity contribution in [3.63, 3.8) is 0 Å². The molecular weight excluding hydrogens is 249 g/mol. The Morgan fingerprint density at radius 1 is 1.24 bits per heavy atom. The number of halogens is 3. The molecule has 0 fully saturated rings. The zero-order valence-corrected chi connectivity index (χ0v) is 9.76. The van der Waals surface area contributed by atoms with E-state index in [-0.39, 0.29) is 5.56 Å². The summed E-state index contributed by atoms with van der Waals surface area (Å²) >= 11 is 4.02. The van der Waals surface area contributed by atoms with E-state index in [2.05, 4.69) is 12.6 Å². The van der Waals surface area contributed by atoms with E-state index >= 15 is 0 Å². The van der Waals surface area contributed by atoms with Crippen molar-refractivity contribution in [1.82, 2.24) is 0 Å². The maximum Gasteiger partial charge on any atom is 0.454 e. The average molecular weight is 260 g/mol. The van der Waals surface area contributed by atoms with Gasteiger partial charge in [-0.05, 0) is 17.7 Å². The van der Waals surface area contributed by atoms with Gasteiger partial charge in [-0.15, -0.1) is 0 Å². The second-order valence-electron chi connectivity index (χ2n) is 3.36. The van der Waals surface area contributed by atoms with E-state index in [0.29, 0.717) is 5.75 Å². The second kappa shape index (κ2) is 5.91. The minimum absolute atomic E-state index is 0.344. The molecule has 0 bridgehead atoms. The fraction of sp³-hybridized carbons (Fsp3) is 0.250. The van der Waals surface area contributed by atoms with Gasteiger partial charge in [0.15, 0.2) is 0 Å². The minimum Gasteiger partial charge on any atom is -0.284 e. The van der Waals surface area contributed by atoms with Crippen molar-refractivity contribution >= 4 is 24.5 Å². The predicted octanol–water partition coefficient (Wildman–Crippen LogP) is 3.76. The molecule has 0 aliphatic rings. The number of rotatable bonds is 4. The Bertz CT molecular complexity index is 407. The summed E-state index contributed by atoms with van der Waals surface area (Å²) in [7, 11) is 0. The molecule has 0 aliphatic carbocycles. The van der Waals surface area contributed by atoms with Crippen LogP contribution in [-0.4, -0.2) is 17.7 Å². The first-order valence-corrected chi connectivity index (χ1v) is 5.57. The summed E-state index contributed by atoms with van der Waals surface area (Å²) in [6.07, 6.45) is -0.388. The molecule has 92 valence electrons. The number of thiol groups is 1. The van der Waals surface area contributed by atoms with Crippen LogP contribution in [0.25, 0.3) is 6.08 Å². The highest BCUT2D eigenvalue weighted by atomic mass is 32.1. The number of hydrogen-bond acceptors (Lipinski definition) is 2. The number of allylic oxidation sites excluding steroid dienone is 1. The van der Waals surface area contributed by atoms with Gasteiger partial charge in [0, 0.05) is 5.56 Å². The van der Waals surface area contributed by atoms with Crippen molar-refractivity contribution in [2.24, 2.45) is 0 Å². The lowest BCUT2D eigenvalue weighted by molar-refractivity contribution is -0.0885. The molecule has 0 aliphatic heterocycles. The number of hydrogen-bond donors (Lipinski definition) is 1. The molecule has 0 saturated carbocycles. The van der Waals surface area contributed by atoms with Crippen LogP contribution in [0.1, 0.15) is 22.3 Å². The third-order valence-electron chi connectivity index (χ3n) is 2.04. The van der Waals surface area contributed by atoms with Gasteiger partial charge in [0.2, 0.25) is 0 Å². The van der Waals surface area contributed by atoms with Crippen molar-refractivity contribution < 1.29 is 18.0 Å². The van der Waals surface area contributed by atoms with Gasteiger partial charge < -0.3 is 0 Å². The number of alkyl halides is 3. The molecule has 0 atom stereocenters. The normalized spacial score (nSPS) is 12.0. The Labute approximate surface area is 103 Å². The molecular formula is C12H11F3OS. The molecule has 1 rings (SSSR count). The molecule has 1 nitrogen and oxygen atoms in total. The standard InChI is InChI=1S/C12H11F3OS/c13-12(14,15)11(16)10-6-4-9(5-7-10)3-1-2-8-17/h1,3-7,17H,2,8H2. The number of carbonyl (C=O) groups is 1. The van der Waals surface area contributed by atoms with Gasteiger partial charge in [0.1, 0.15) is 0 Å². The Kier molecular flexibility index (Phi) is 4.81. The Morgan fingerprint density at radius 3 is 2.29 bits per heavy atom. The van der Waals surface area contributed by atoms with E-state index in [1.165, 1.54) is 24.3 Å². The van der Waals surface area contributed by atoms with Crippen LogP contribution in [0.15, 0.2) is 30.3 Å². The van der Waals surface area contributed by atoms with Gasteiger partial charge in [-0.1, -0.05) is 36.4 Å². The molecule has 1 aromatic rings. The van der Waals surface area contributed by atoms with Crippen LogP contribution in [0.2, 0.25) is 0 Å². The van der Waals surface area contributed by atoms with Crippen LogP contribution >= 0.6 is 12.6 Å². The van der Waals surface area contributed by atoms with Gasteiger partial charge in [0.25, 0.3) is 5.78 Å². The number of Topliss-reactive ketones (excluding diaryl/α,β-unsaturated/α-hetero) is 1. The second-order valence-corrected chi connectivity index (χ2v) is 3.81. The van der Waals surface area contributed by atoms with Crippen LogP contribution < -0.4 is 0 Å². The van der Waals surface area contributed by atoms with Crippen molar-refractivity contribution in [2.75, 3.05) is 5.75 Å². The first kappa shape index (κ1) is 13.8. The maximum atomic E-state index is 12.1. The van der Waals surface area contributed by atoms with E-state index in [4.69, 9.17) is 0 Å². The Morgan fingerprint density at radius 2 is 1.82 bits per heavy atom. The Hall–Kier alpha value is -1.23. The van der Waals surface area contributed by atoms with E-state index in [1.807, 2.05) is 6.08 Å². The van der Waals surface area contributed by atoms with Crippen molar-refractivity contribution in [2.45, 2.75) is 12.6 Å². The third-order valence-corrected chi connectivity index (χ3v) is 2.29. The van der Waals surface area contributed by atoms with E-state index in [9.17, 15) is 18.0 Å². The lowest BCUT2D eigenvalue weighted by Crippen LogP contribution is -2.22. The van der Waals surface area contributed by atoms with E-state index < -0.39 is 12.0 Å². The fourth-order valence-corrected chi connectivity index (χ4v) is 1.35. The van der Waals surface area contributed by atoms with E-state index in [0.717, 1.165) is 12.0 Å². The highest BCUT2D eigenvalue weighted by Gasteiger charge is 2.38. The number of ketones is 1. The van der Waals surface area contributed by atoms with Gasteiger partial charge >= 0.3 is 6.18 Å². The van der Waals surface area contributed by atoms with Crippen molar-refractivity contribution in [3.05, 3.63) is 41.5 Å². The highest BCUT2D eigenvalue weighted by molar-refractivity contribution is 7.80. The van der Waals surface area contributed by atoms with Crippen LogP contribution in [-0.2, 0) is 0 Å². The topological polar surface area (TPSA) is 17.1 Å². The summed E-state index contributed by atoms with van der Waals surface area (Å²) in [5.74, 6) is -1.11. The predicted molar refractivity (Wildman–Crippen MR) is 64.3 cm³/mol. The molecule has 0 saturated heterocycles. The van der Waals surface area contributed by atoms with Crippen LogP contribution in [0.3, 0.4) is 0 Å². The van der Waals surface area contributed by atoms with Crippen LogP contribution in [0.5, 0.6) is 0 Å². The van der Waals surface area contributed by atoms with Crippen molar-refractivity contribution in [3.8, 4) is 0 Å². The minimum atomic E-state index is -4.82. The molecule has 0 unspecified atom stereocenters. The lowest BCUT2D eigenvalue weighted by atomic mass is 10.1. The lowest BCUT2D eigenvalue weighted by Gasteiger charge is -2.04. The molecule has 0 amide bonds. The summed E-state index contributed by atoms with van der Waals surface area (Å²) in [5.41, 5.74) is 0.411. The monoisotopic (exact) mass is 260 g/mol. The quantitative estimate of drug-likeness (QED) is 0.644. The molecule has 0 radical (unpaired) electrons. The summed E-state index contributed by atoms with van der Waals surface area (Å²) in [4.78, 5) is 10.9. The smallest absolute Gasteiger partial charge is 0.284 e. The summed E-state index contributed by atoms with van der Waals surface area (Å²) in [5, 5.41) is 0. The molecule has 0 aromatic heterocycles. The third kappa shape index (κ3) is 4.26. The van der Waals surface area contributed by atoms with Gasteiger partial charge in [0.05, 0.1) is 0 Å². The first-order valence-electron chi connectivity index (χ1n) is 4.94. The number of benzene rings is 1. The maximum absolute atomic E-state index is 12.1. The average Bonchev–Trinajstić information content (AvgIpc) is 2.28. The fourth-order valence-electron chi connectivity index (χ4n) is 1.20. The molecule has 0 N–H and O–H groups in total. The summed E-state index contributed by atoms with van der Waals surface area (Å²) in [6, 6.07) is 5.31. The summed E-state index contributed by atoms with van der Waals surface area (Å²) in [6.45, 7) is 0.